The van der Waals surface area contributed by atoms with Crippen LogP contribution in [-0.2, 0) is 0 Å². The zero-order chi connectivity index (χ0) is 10.6. The number of rotatable bonds is 3. The van der Waals surface area contributed by atoms with Crippen LogP contribution in [0.3, 0.4) is 0 Å². The largest absolute Gasteiger partial charge is 0.318 e. The van der Waals surface area contributed by atoms with E-state index in [9.17, 15) is 0 Å². The van der Waals surface area contributed by atoms with E-state index in [2.05, 4.69) is 43.4 Å². The monoisotopic (exact) mass is 188 g/mol. The van der Waals surface area contributed by atoms with E-state index < -0.39 is 0 Å². The van der Waals surface area contributed by atoms with Crippen molar-refractivity contribution in [1.82, 2.24) is 5.32 Å². The van der Waals surface area contributed by atoms with E-state index in [-0.39, 0.29) is 5.92 Å². The fraction of sp³-hybridized carbons (Fsp3) is 0.417. The summed E-state index contributed by atoms with van der Waals surface area (Å²) in [7, 11) is 1.87. The Morgan fingerprint density at radius 2 is 2.14 bits per heavy atom. The van der Waals surface area contributed by atoms with Gasteiger partial charge in [-0.25, -0.2) is 0 Å². The lowest BCUT2D eigenvalue weighted by atomic mass is 9.94. The van der Waals surface area contributed by atoms with Gasteiger partial charge in [0.25, 0.3) is 0 Å². The minimum absolute atomic E-state index is 0.0411. The first-order valence-electron chi connectivity index (χ1n) is 4.80. The number of aryl methyl sites for hydroxylation is 2. The van der Waals surface area contributed by atoms with Crippen LogP contribution in [0.25, 0.3) is 0 Å². The van der Waals surface area contributed by atoms with E-state index in [4.69, 9.17) is 5.26 Å². The van der Waals surface area contributed by atoms with Gasteiger partial charge < -0.3 is 5.32 Å². The molecule has 14 heavy (non-hydrogen) atoms. The van der Waals surface area contributed by atoms with Crippen molar-refractivity contribution in [3.63, 3.8) is 0 Å². The Bertz CT molecular complexity index is 350. The lowest BCUT2D eigenvalue weighted by Gasteiger charge is -2.12. The van der Waals surface area contributed by atoms with Gasteiger partial charge in [0, 0.05) is 6.54 Å². The molecule has 0 aliphatic rings. The molecule has 0 saturated carbocycles. The summed E-state index contributed by atoms with van der Waals surface area (Å²) >= 11 is 0. The molecule has 0 heterocycles. The first-order valence-corrected chi connectivity index (χ1v) is 4.80. The Morgan fingerprint density at radius 1 is 1.43 bits per heavy atom. The number of nitriles is 1. The van der Waals surface area contributed by atoms with Crippen LogP contribution in [0.5, 0.6) is 0 Å². The Kier molecular flexibility index (Phi) is 3.67. The number of hydrogen-bond donors (Lipinski definition) is 1. The second kappa shape index (κ2) is 4.78. The standard InChI is InChI=1S/C12H16N2/c1-9-4-5-12(10(2)6-9)11(7-13)8-14-3/h4-6,11,14H,8H2,1-3H3. The van der Waals surface area contributed by atoms with Crippen molar-refractivity contribution in [2.24, 2.45) is 0 Å². The second-order valence-electron chi connectivity index (χ2n) is 3.60. The molecule has 0 bridgehead atoms. The third-order valence-corrected chi connectivity index (χ3v) is 2.36. The van der Waals surface area contributed by atoms with Crippen LogP contribution in [0, 0.1) is 25.2 Å². The summed E-state index contributed by atoms with van der Waals surface area (Å²) < 4.78 is 0. The van der Waals surface area contributed by atoms with Gasteiger partial charge in [0.15, 0.2) is 0 Å². The smallest absolute Gasteiger partial charge is 0.0839 e. The Balaban J connectivity index is 3.00. The Labute approximate surface area is 85.6 Å². The molecule has 0 amide bonds. The molecule has 2 heteroatoms. The Morgan fingerprint density at radius 3 is 2.64 bits per heavy atom. The number of hydrogen-bond acceptors (Lipinski definition) is 2. The number of nitrogens with one attached hydrogen (secondary N) is 1. The normalized spacial score (nSPS) is 12.1. The van der Waals surface area contributed by atoms with Gasteiger partial charge in [0.2, 0.25) is 0 Å². The van der Waals surface area contributed by atoms with Gasteiger partial charge in [-0.05, 0) is 32.0 Å². The molecule has 0 spiro atoms. The van der Waals surface area contributed by atoms with Crippen LogP contribution in [0.2, 0.25) is 0 Å². The van der Waals surface area contributed by atoms with Crippen molar-refractivity contribution in [2.75, 3.05) is 13.6 Å². The van der Waals surface area contributed by atoms with E-state index >= 15 is 0 Å². The van der Waals surface area contributed by atoms with Gasteiger partial charge >= 0.3 is 0 Å². The van der Waals surface area contributed by atoms with Crippen LogP contribution in [0.1, 0.15) is 22.6 Å². The maximum Gasteiger partial charge on any atom is 0.0839 e. The number of nitrogens with zero attached hydrogens (tertiary/aromatic N) is 1. The molecule has 0 saturated heterocycles. The quantitative estimate of drug-likeness (QED) is 0.788. The van der Waals surface area contributed by atoms with Gasteiger partial charge in [-0.2, -0.15) is 5.26 Å². The third-order valence-electron chi connectivity index (χ3n) is 2.36. The van der Waals surface area contributed by atoms with Crippen molar-refractivity contribution in [3.8, 4) is 6.07 Å². The molecular formula is C12H16N2. The molecule has 1 aromatic carbocycles. The van der Waals surface area contributed by atoms with Gasteiger partial charge in [-0.1, -0.05) is 23.8 Å². The first-order chi connectivity index (χ1) is 6.69. The predicted octanol–water partition coefficient (Wildman–Crippen LogP) is 2.13. The summed E-state index contributed by atoms with van der Waals surface area (Å²) in [5, 5.41) is 12.1. The lowest BCUT2D eigenvalue weighted by molar-refractivity contribution is 0.730. The van der Waals surface area contributed by atoms with Crippen LogP contribution >= 0.6 is 0 Å². The van der Waals surface area contributed by atoms with E-state index in [1.54, 1.807) is 0 Å². The molecule has 0 radical (unpaired) electrons. The number of likely N-dealkylation sites (N-methyl/N-ethyl adjacent to an activating group) is 1. The summed E-state index contributed by atoms with van der Waals surface area (Å²) in [5.74, 6) is -0.0411. The van der Waals surface area contributed by atoms with Crippen molar-refractivity contribution in [1.29, 1.82) is 5.26 Å². The van der Waals surface area contributed by atoms with E-state index in [0.29, 0.717) is 6.54 Å². The number of benzene rings is 1. The van der Waals surface area contributed by atoms with Gasteiger partial charge in [-0.15, -0.1) is 0 Å². The molecule has 0 fully saturated rings. The van der Waals surface area contributed by atoms with Crippen LogP contribution in [0.15, 0.2) is 18.2 Å². The van der Waals surface area contributed by atoms with E-state index in [1.807, 2.05) is 7.05 Å². The van der Waals surface area contributed by atoms with Crippen LogP contribution < -0.4 is 5.32 Å². The first kappa shape index (κ1) is 10.7. The molecular weight excluding hydrogens is 172 g/mol. The van der Waals surface area contributed by atoms with Crippen LogP contribution in [0.4, 0.5) is 0 Å². The highest BCUT2D eigenvalue weighted by molar-refractivity contribution is 5.36. The molecule has 1 unspecified atom stereocenters. The maximum absolute atomic E-state index is 9.01. The highest BCUT2D eigenvalue weighted by Gasteiger charge is 2.11. The zero-order valence-electron chi connectivity index (χ0n) is 8.96. The molecule has 0 aromatic heterocycles. The molecule has 74 valence electrons. The van der Waals surface area contributed by atoms with Gasteiger partial charge in [0.1, 0.15) is 0 Å². The van der Waals surface area contributed by atoms with Crippen molar-refractivity contribution in [3.05, 3.63) is 34.9 Å². The summed E-state index contributed by atoms with van der Waals surface area (Å²) in [5.41, 5.74) is 3.58. The second-order valence-corrected chi connectivity index (χ2v) is 3.60. The van der Waals surface area contributed by atoms with Gasteiger partial charge in [-0.3, -0.25) is 0 Å². The Hall–Kier alpha value is -1.33. The zero-order valence-corrected chi connectivity index (χ0v) is 8.96. The highest BCUT2D eigenvalue weighted by atomic mass is 14.8. The molecule has 0 aliphatic carbocycles. The topological polar surface area (TPSA) is 35.8 Å². The summed E-state index contributed by atoms with van der Waals surface area (Å²) in [4.78, 5) is 0. The molecule has 1 N–H and O–H groups in total. The van der Waals surface area contributed by atoms with Gasteiger partial charge in [0.05, 0.1) is 12.0 Å². The molecule has 0 aliphatic heterocycles. The fourth-order valence-corrected chi connectivity index (χ4v) is 1.65. The minimum atomic E-state index is -0.0411. The molecule has 1 atom stereocenters. The summed E-state index contributed by atoms with van der Waals surface area (Å²) in [6, 6.07) is 8.55. The van der Waals surface area contributed by atoms with E-state index in [1.165, 1.54) is 11.1 Å². The van der Waals surface area contributed by atoms with Crippen molar-refractivity contribution < 1.29 is 0 Å². The SMILES string of the molecule is CNCC(C#N)c1ccc(C)cc1C. The van der Waals surface area contributed by atoms with Crippen molar-refractivity contribution >= 4 is 0 Å². The van der Waals surface area contributed by atoms with Crippen molar-refractivity contribution in [2.45, 2.75) is 19.8 Å². The third kappa shape index (κ3) is 2.34. The average molecular weight is 188 g/mol. The van der Waals surface area contributed by atoms with E-state index in [0.717, 1.165) is 5.56 Å². The lowest BCUT2D eigenvalue weighted by Crippen LogP contribution is -2.16. The van der Waals surface area contributed by atoms with Crippen LogP contribution in [-0.4, -0.2) is 13.6 Å². The summed E-state index contributed by atoms with van der Waals surface area (Å²) in [6.07, 6.45) is 0. The summed E-state index contributed by atoms with van der Waals surface area (Å²) in [6.45, 7) is 4.83. The minimum Gasteiger partial charge on any atom is -0.318 e. The molecule has 1 rings (SSSR count). The molecule has 1 aromatic rings. The fourth-order valence-electron chi connectivity index (χ4n) is 1.65. The highest BCUT2D eigenvalue weighted by Crippen LogP contribution is 2.19. The molecule has 2 nitrogen and oxygen atoms in total. The predicted molar refractivity (Wildman–Crippen MR) is 58.2 cm³/mol. The maximum atomic E-state index is 9.01. The average Bonchev–Trinajstić information content (AvgIpc) is 2.15.